The summed E-state index contributed by atoms with van der Waals surface area (Å²) in [7, 11) is 0. The molecule has 0 aliphatic heterocycles. The molecule has 26 heavy (non-hydrogen) atoms. The number of carbonyl (C=O) groups excluding carboxylic acids is 1. The van der Waals surface area contributed by atoms with Gasteiger partial charge in [-0.15, -0.1) is 0 Å². The van der Waals surface area contributed by atoms with Crippen LogP contribution in [0.3, 0.4) is 0 Å². The van der Waals surface area contributed by atoms with Gasteiger partial charge < -0.3 is 5.32 Å². The Balaban J connectivity index is 1.63. The fourth-order valence-electron chi connectivity index (χ4n) is 2.84. The molecule has 0 spiro atoms. The maximum absolute atomic E-state index is 12.9. The van der Waals surface area contributed by atoms with Crippen molar-refractivity contribution >= 4 is 34.3 Å². The number of nitrogens with zero attached hydrogens (tertiary/aromatic N) is 2. The molecule has 2 aromatic carbocycles. The molecule has 5 nitrogen and oxygen atoms in total. The van der Waals surface area contributed by atoms with Gasteiger partial charge in [-0.05, 0) is 44.0 Å². The van der Waals surface area contributed by atoms with Crippen LogP contribution in [-0.2, 0) is 4.79 Å². The third-order valence-electron chi connectivity index (χ3n) is 4.38. The van der Waals surface area contributed by atoms with Crippen molar-refractivity contribution in [2.45, 2.75) is 36.2 Å². The lowest BCUT2D eigenvalue weighted by Crippen LogP contribution is -2.26. The number of carbonyl (C=O) groups is 1. The largest absolute Gasteiger partial charge is 0.325 e. The number of hydrogen-bond acceptors (Lipinski definition) is 4. The lowest BCUT2D eigenvalue weighted by molar-refractivity contribution is -0.115. The number of aromatic nitrogens is 2. The Morgan fingerprint density at radius 3 is 2.58 bits per heavy atom. The van der Waals surface area contributed by atoms with Crippen LogP contribution in [0.2, 0.25) is 0 Å². The molecule has 3 aromatic rings. The van der Waals surface area contributed by atoms with E-state index in [-0.39, 0.29) is 22.8 Å². The van der Waals surface area contributed by atoms with Crippen LogP contribution in [-0.4, -0.2) is 20.7 Å². The predicted octanol–water partition coefficient (Wildman–Crippen LogP) is 3.85. The smallest absolute Gasteiger partial charge is 0.262 e. The molecular weight excluding hydrogens is 346 g/mol. The highest BCUT2D eigenvalue weighted by molar-refractivity contribution is 8.00. The number of fused-ring (bicyclic) bond motifs is 1. The van der Waals surface area contributed by atoms with Crippen LogP contribution in [0.4, 0.5) is 5.69 Å². The summed E-state index contributed by atoms with van der Waals surface area (Å²) in [6.45, 7) is 1.83. The number of rotatable bonds is 5. The Hall–Kier alpha value is -2.60. The van der Waals surface area contributed by atoms with Gasteiger partial charge in [-0.2, -0.15) is 0 Å². The first kappa shape index (κ1) is 16.8. The number of para-hydroxylation sites is 2. The van der Waals surface area contributed by atoms with E-state index in [4.69, 9.17) is 0 Å². The highest BCUT2D eigenvalue weighted by atomic mass is 32.2. The van der Waals surface area contributed by atoms with E-state index >= 15 is 0 Å². The second-order valence-corrected chi connectivity index (χ2v) is 7.74. The van der Waals surface area contributed by atoms with Crippen LogP contribution in [0.25, 0.3) is 10.9 Å². The second kappa shape index (κ2) is 6.96. The quantitative estimate of drug-likeness (QED) is 0.551. The van der Waals surface area contributed by atoms with Crippen LogP contribution in [0.5, 0.6) is 0 Å². The standard InChI is InChI=1S/C20H19N3O2S/c1-13(18(24)21-14-7-3-2-4-8-14)26-20-22-17-10-6-5-9-16(17)19(25)23(20)15-11-12-15/h2-10,13,15H,11-12H2,1H3,(H,21,24)/t13-/m0/s1. The lowest BCUT2D eigenvalue weighted by atomic mass is 10.2. The van der Waals surface area contributed by atoms with E-state index < -0.39 is 0 Å². The zero-order valence-electron chi connectivity index (χ0n) is 14.4. The molecule has 1 aromatic heterocycles. The van der Waals surface area contributed by atoms with Crippen LogP contribution in [0, 0.1) is 0 Å². The monoisotopic (exact) mass is 365 g/mol. The SMILES string of the molecule is C[C@H](Sc1nc2ccccc2c(=O)n1C1CC1)C(=O)Nc1ccccc1. The fraction of sp³-hybridized carbons (Fsp3) is 0.250. The summed E-state index contributed by atoms with van der Waals surface area (Å²) in [4.78, 5) is 30.1. The molecule has 1 amide bonds. The van der Waals surface area contributed by atoms with Crippen LogP contribution < -0.4 is 10.9 Å². The van der Waals surface area contributed by atoms with Gasteiger partial charge in [0.1, 0.15) is 0 Å². The minimum Gasteiger partial charge on any atom is -0.325 e. The molecule has 1 heterocycles. The molecule has 1 saturated carbocycles. The van der Waals surface area contributed by atoms with Gasteiger partial charge in [0.15, 0.2) is 5.16 Å². The highest BCUT2D eigenvalue weighted by Crippen LogP contribution is 2.37. The van der Waals surface area contributed by atoms with Crippen molar-refractivity contribution in [3.63, 3.8) is 0 Å². The fourth-order valence-corrected chi connectivity index (χ4v) is 3.82. The van der Waals surface area contributed by atoms with Gasteiger partial charge >= 0.3 is 0 Å². The maximum atomic E-state index is 12.9. The molecule has 1 fully saturated rings. The summed E-state index contributed by atoms with van der Waals surface area (Å²) in [6.07, 6.45) is 1.97. The van der Waals surface area contributed by atoms with Crippen molar-refractivity contribution in [1.29, 1.82) is 0 Å². The minimum absolute atomic E-state index is 0.0173. The third kappa shape index (κ3) is 3.37. The second-order valence-electron chi connectivity index (χ2n) is 6.43. The molecule has 0 unspecified atom stereocenters. The number of anilines is 1. The van der Waals surface area contributed by atoms with Gasteiger partial charge in [0.05, 0.1) is 16.2 Å². The van der Waals surface area contributed by atoms with Gasteiger partial charge in [-0.1, -0.05) is 42.1 Å². The zero-order chi connectivity index (χ0) is 18.1. The molecule has 0 bridgehead atoms. The number of thioether (sulfide) groups is 1. The van der Waals surface area contributed by atoms with E-state index in [1.165, 1.54) is 11.8 Å². The zero-order valence-corrected chi connectivity index (χ0v) is 15.2. The number of hydrogen-bond donors (Lipinski definition) is 1. The Bertz CT molecular complexity index is 1010. The first-order valence-electron chi connectivity index (χ1n) is 8.67. The Morgan fingerprint density at radius 2 is 1.85 bits per heavy atom. The Labute approximate surface area is 155 Å². The van der Waals surface area contributed by atoms with Gasteiger partial charge in [-0.25, -0.2) is 4.98 Å². The van der Waals surface area contributed by atoms with Gasteiger partial charge in [0, 0.05) is 11.7 Å². The van der Waals surface area contributed by atoms with Crippen LogP contribution in [0.15, 0.2) is 64.5 Å². The highest BCUT2D eigenvalue weighted by Gasteiger charge is 2.30. The number of nitrogens with one attached hydrogen (secondary N) is 1. The molecule has 6 heteroatoms. The van der Waals surface area contributed by atoms with Gasteiger partial charge in [-0.3, -0.25) is 14.2 Å². The molecule has 1 aliphatic rings. The number of amides is 1. The molecule has 0 radical (unpaired) electrons. The third-order valence-corrected chi connectivity index (χ3v) is 5.45. The first-order valence-corrected chi connectivity index (χ1v) is 9.55. The molecule has 4 rings (SSSR count). The normalized spacial score (nSPS) is 15.0. The topological polar surface area (TPSA) is 64.0 Å². The average Bonchev–Trinajstić information content (AvgIpc) is 3.47. The van der Waals surface area contributed by atoms with Crippen molar-refractivity contribution in [3.05, 3.63) is 65.0 Å². The van der Waals surface area contributed by atoms with Crippen molar-refractivity contribution in [2.75, 3.05) is 5.32 Å². The van der Waals surface area contributed by atoms with E-state index in [0.717, 1.165) is 18.5 Å². The minimum atomic E-state index is -0.367. The van der Waals surface area contributed by atoms with E-state index in [9.17, 15) is 9.59 Å². The predicted molar refractivity (Wildman–Crippen MR) is 105 cm³/mol. The number of benzene rings is 2. The molecule has 1 atom stereocenters. The van der Waals surface area contributed by atoms with Crippen LogP contribution in [0.1, 0.15) is 25.8 Å². The van der Waals surface area contributed by atoms with Crippen molar-refractivity contribution < 1.29 is 4.79 Å². The van der Waals surface area contributed by atoms with E-state index in [1.807, 2.05) is 61.5 Å². The lowest BCUT2D eigenvalue weighted by Gasteiger charge is -2.16. The van der Waals surface area contributed by atoms with Gasteiger partial charge in [0.25, 0.3) is 5.56 Å². The summed E-state index contributed by atoms with van der Waals surface area (Å²) < 4.78 is 1.76. The van der Waals surface area contributed by atoms with E-state index in [2.05, 4.69) is 10.3 Å². The van der Waals surface area contributed by atoms with Crippen molar-refractivity contribution in [3.8, 4) is 0 Å². The summed E-state index contributed by atoms with van der Waals surface area (Å²) in [5.41, 5.74) is 1.42. The molecule has 1 N–H and O–H groups in total. The van der Waals surface area contributed by atoms with Crippen LogP contribution >= 0.6 is 11.8 Å². The average molecular weight is 365 g/mol. The van der Waals surface area contributed by atoms with Crippen molar-refractivity contribution in [2.24, 2.45) is 0 Å². The van der Waals surface area contributed by atoms with E-state index in [1.54, 1.807) is 4.57 Å². The maximum Gasteiger partial charge on any atom is 0.262 e. The molecule has 0 saturated heterocycles. The van der Waals surface area contributed by atoms with Gasteiger partial charge in [0.2, 0.25) is 5.91 Å². The molecule has 1 aliphatic carbocycles. The van der Waals surface area contributed by atoms with E-state index in [0.29, 0.717) is 16.1 Å². The Kier molecular flexibility index (Phi) is 4.51. The summed E-state index contributed by atoms with van der Waals surface area (Å²) in [5.74, 6) is -0.106. The summed E-state index contributed by atoms with van der Waals surface area (Å²) in [6, 6.07) is 16.9. The summed E-state index contributed by atoms with van der Waals surface area (Å²) >= 11 is 1.33. The molecule has 132 valence electrons. The summed E-state index contributed by atoms with van der Waals surface area (Å²) in [5, 5.41) is 3.78. The first-order chi connectivity index (χ1) is 12.6. The Morgan fingerprint density at radius 1 is 1.15 bits per heavy atom. The molecular formula is C20H19N3O2S. The van der Waals surface area contributed by atoms with Crippen molar-refractivity contribution in [1.82, 2.24) is 9.55 Å².